The molecule has 1 rings (SSSR count). The molecule has 0 heterocycles. The third-order valence-corrected chi connectivity index (χ3v) is 3.74. The third kappa shape index (κ3) is 6.82. The van der Waals surface area contributed by atoms with Crippen LogP contribution in [-0.2, 0) is 9.59 Å². The van der Waals surface area contributed by atoms with Gasteiger partial charge in [0.15, 0.2) is 0 Å². The fraction of sp³-hybridized carbons (Fsp3) is 0.556. The molecule has 1 atom stereocenters. The summed E-state index contributed by atoms with van der Waals surface area (Å²) in [6.45, 7) is 6.43. The predicted octanol–water partition coefficient (Wildman–Crippen LogP) is 2.18. The van der Waals surface area contributed by atoms with Crippen molar-refractivity contribution >= 4 is 11.8 Å². The summed E-state index contributed by atoms with van der Waals surface area (Å²) in [5, 5.41) is 12.0. The van der Waals surface area contributed by atoms with E-state index < -0.39 is 0 Å². The van der Waals surface area contributed by atoms with Crippen LogP contribution in [0.1, 0.15) is 50.3 Å². The zero-order chi connectivity index (χ0) is 17.2. The number of unbranched alkanes of at least 4 members (excludes halogenated alkanes) is 1. The van der Waals surface area contributed by atoms with Gasteiger partial charge in [0.2, 0.25) is 11.8 Å². The maximum Gasteiger partial charge on any atom is 0.225 e. The standard InChI is InChI=1S/C18H28N2O3/c1-4-5-10-20(11-12-21)18(23)13-17(19-15(3)22)16-8-6-14(2)7-9-16/h6-9,17,21H,4-5,10-13H2,1-3H3,(H,19,22). The van der Waals surface area contributed by atoms with Crippen molar-refractivity contribution < 1.29 is 14.7 Å². The number of hydrogen-bond acceptors (Lipinski definition) is 3. The van der Waals surface area contributed by atoms with Crippen LogP contribution in [0.5, 0.6) is 0 Å². The molecule has 0 aliphatic rings. The van der Waals surface area contributed by atoms with E-state index in [9.17, 15) is 9.59 Å². The third-order valence-electron chi connectivity index (χ3n) is 3.74. The average molecular weight is 320 g/mol. The lowest BCUT2D eigenvalue weighted by Crippen LogP contribution is -2.38. The summed E-state index contributed by atoms with van der Waals surface area (Å²) in [6.07, 6.45) is 2.09. The van der Waals surface area contributed by atoms with E-state index in [1.165, 1.54) is 6.92 Å². The average Bonchev–Trinajstić information content (AvgIpc) is 2.51. The van der Waals surface area contributed by atoms with Crippen LogP contribution in [-0.4, -0.2) is 41.5 Å². The van der Waals surface area contributed by atoms with E-state index in [0.29, 0.717) is 13.1 Å². The van der Waals surface area contributed by atoms with Crippen molar-refractivity contribution in [2.24, 2.45) is 0 Å². The normalized spacial score (nSPS) is 11.8. The molecule has 5 heteroatoms. The van der Waals surface area contributed by atoms with Crippen molar-refractivity contribution in [2.45, 2.75) is 46.1 Å². The summed E-state index contributed by atoms with van der Waals surface area (Å²) in [4.78, 5) is 25.7. The van der Waals surface area contributed by atoms with E-state index in [4.69, 9.17) is 5.11 Å². The van der Waals surface area contributed by atoms with Crippen LogP contribution in [0.3, 0.4) is 0 Å². The lowest BCUT2D eigenvalue weighted by atomic mass is 10.0. The van der Waals surface area contributed by atoms with Crippen molar-refractivity contribution in [3.63, 3.8) is 0 Å². The molecule has 0 saturated heterocycles. The minimum atomic E-state index is -0.344. The van der Waals surface area contributed by atoms with Gasteiger partial charge in [-0.25, -0.2) is 0 Å². The number of hydrogen-bond donors (Lipinski definition) is 2. The highest BCUT2D eigenvalue weighted by atomic mass is 16.3. The van der Waals surface area contributed by atoms with E-state index in [1.807, 2.05) is 31.2 Å². The van der Waals surface area contributed by atoms with Crippen LogP contribution in [0.4, 0.5) is 0 Å². The molecule has 0 bridgehead atoms. The van der Waals surface area contributed by atoms with Crippen LogP contribution < -0.4 is 5.32 Å². The Bertz CT molecular complexity index is 499. The second-order valence-electron chi connectivity index (χ2n) is 5.83. The summed E-state index contributed by atoms with van der Waals surface area (Å²) in [5.74, 6) is -0.211. The largest absolute Gasteiger partial charge is 0.395 e. The fourth-order valence-corrected chi connectivity index (χ4v) is 2.43. The summed E-state index contributed by atoms with van der Waals surface area (Å²) in [7, 11) is 0. The zero-order valence-corrected chi connectivity index (χ0v) is 14.3. The van der Waals surface area contributed by atoms with Crippen molar-refractivity contribution in [3.05, 3.63) is 35.4 Å². The summed E-state index contributed by atoms with van der Waals surface area (Å²) >= 11 is 0. The van der Waals surface area contributed by atoms with Crippen LogP contribution >= 0.6 is 0 Å². The highest BCUT2D eigenvalue weighted by molar-refractivity contribution is 5.79. The topological polar surface area (TPSA) is 69.6 Å². The molecule has 0 saturated carbocycles. The number of carbonyl (C=O) groups is 2. The smallest absolute Gasteiger partial charge is 0.225 e. The Morgan fingerprint density at radius 3 is 2.39 bits per heavy atom. The highest BCUT2D eigenvalue weighted by Crippen LogP contribution is 2.19. The van der Waals surface area contributed by atoms with Gasteiger partial charge in [-0.1, -0.05) is 43.2 Å². The predicted molar refractivity (Wildman–Crippen MR) is 90.9 cm³/mol. The Morgan fingerprint density at radius 2 is 1.87 bits per heavy atom. The number of aryl methyl sites for hydroxylation is 1. The van der Waals surface area contributed by atoms with E-state index in [1.54, 1.807) is 4.90 Å². The van der Waals surface area contributed by atoms with Crippen LogP contribution in [0.2, 0.25) is 0 Å². The van der Waals surface area contributed by atoms with E-state index in [-0.39, 0.29) is 30.9 Å². The van der Waals surface area contributed by atoms with Crippen molar-refractivity contribution in [1.29, 1.82) is 0 Å². The van der Waals surface area contributed by atoms with Gasteiger partial charge < -0.3 is 15.3 Å². The molecular weight excluding hydrogens is 292 g/mol. The number of carbonyl (C=O) groups excluding carboxylic acids is 2. The van der Waals surface area contributed by atoms with E-state index in [2.05, 4.69) is 12.2 Å². The minimum absolute atomic E-state index is 0.0492. The molecule has 2 N–H and O–H groups in total. The molecule has 0 aliphatic carbocycles. The maximum atomic E-state index is 12.5. The molecular formula is C18H28N2O3. The van der Waals surface area contributed by atoms with Gasteiger partial charge >= 0.3 is 0 Å². The zero-order valence-electron chi connectivity index (χ0n) is 14.3. The van der Waals surface area contributed by atoms with E-state index >= 15 is 0 Å². The van der Waals surface area contributed by atoms with Gasteiger partial charge in [-0.05, 0) is 18.9 Å². The minimum Gasteiger partial charge on any atom is -0.395 e. The molecule has 0 radical (unpaired) electrons. The summed E-state index contributed by atoms with van der Waals surface area (Å²) in [5.41, 5.74) is 2.05. The first-order chi connectivity index (χ1) is 11.0. The second kappa shape index (κ2) is 10.0. The summed E-state index contributed by atoms with van der Waals surface area (Å²) in [6, 6.07) is 7.47. The molecule has 2 amide bonds. The molecule has 0 aromatic heterocycles. The first-order valence-corrected chi connectivity index (χ1v) is 8.20. The van der Waals surface area contributed by atoms with Crippen molar-refractivity contribution in [3.8, 4) is 0 Å². The van der Waals surface area contributed by atoms with Gasteiger partial charge in [0.05, 0.1) is 19.1 Å². The molecule has 128 valence electrons. The van der Waals surface area contributed by atoms with Crippen LogP contribution in [0, 0.1) is 6.92 Å². The van der Waals surface area contributed by atoms with Crippen molar-refractivity contribution in [2.75, 3.05) is 19.7 Å². The van der Waals surface area contributed by atoms with Gasteiger partial charge in [-0.15, -0.1) is 0 Å². The lowest BCUT2D eigenvalue weighted by Gasteiger charge is -2.25. The molecule has 0 fully saturated rings. The SMILES string of the molecule is CCCCN(CCO)C(=O)CC(NC(C)=O)c1ccc(C)cc1. The first-order valence-electron chi connectivity index (χ1n) is 8.20. The Balaban J connectivity index is 2.83. The van der Waals surface area contributed by atoms with Crippen LogP contribution in [0.25, 0.3) is 0 Å². The molecule has 1 aromatic carbocycles. The van der Waals surface area contributed by atoms with E-state index in [0.717, 1.165) is 24.0 Å². The molecule has 0 spiro atoms. The Hall–Kier alpha value is -1.88. The lowest BCUT2D eigenvalue weighted by molar-refractivity contribution is -0.132. The van der Waals surface area contributed by atoms with Gasteiger partial charge in [0.25, 0.3) is 0 Å². The summed E-state index contributed by atoms with van der Waals surface area (Å²) < 4.78 is 0. The number of rotatable bonds is 9. The second-order valence-corrected chi connectivity index (χ2v) is 5.83. The van der Waals surface area contributed by atoms with Gasteiger partial charge in [-0.2, -0.15) is 0 Å². The van der Waals surface area contributed by atoms with Crippen LogP contribution in [0.15, 0.2) is 24.3 Å². The number of amides is 2. The quantitative estimate of drug-likeness (QED) is 0.733. The van der Waals surface area contributed by atoms with Gasteiger partial charge in [0.1, 0.15) is 0 Å². The Kier molecular flexibility index (Phi) is 8.33. The Labute approximate surface area is 138 Å². The van der Waals surface area contributed by atoms with Crippen molar-refractivity contribution in [1.82, 2.24) is 10.2 Å². The first kappa shape index (κ1) is 19.2. The molecule has 1 aromatic rings. The van der Waals surface area contributed by atoms with Gasteiger partial charge in [0, 0.05) is 20.0 Å². The van der Waals surface area contributed by atoms with Gasteiger partial charge in [-0.3, -0.25) is 9.59 Å². The molecule has 0 aliphatic heterocycles. The maximum absolute atomic E-state index is 12.5. The number of nitrogens with one attached hydrogen (secondary N) is 1. The Morgan fingerprint density at radius 1 is 1.22 bits per heavy atom. The molecule has 23 heavy (non-hydrogen) atoms. The molecule has 5 nitrogen and oxygen atoms in total. The number of aliphatic hydroxyl groups is 1. The number of aliphatic hydroxyl groups excluding tert-OH is 1. The number of benzene rings is 1. The monoisotopic (exact) mass is 320 g/mol. The number of nitrogens with zero attached hydrogens (tertiary/aromatic N) is 1. The fourth-order valence-electron chi connectivity index (χ4n) is 2.43. The highest BCUT2D eigenvalue weighted by Gasteiger charge is 2.21. The molecule has 1 unspecified atom stereocenters.